The van der Waals surface area contributed by atoms with Crippen molar-refractivity contribution in [1.29, 1.82) is 0 Å². The van der Waals surface area contributed by atoms with Crippen LogP contribution in [0.4, 0.5) is 10.1 Å². The van der Waals surface area contributed by atoms with E-state index >= 15 is 0 Å². The Morgan fingerprint density at radius 1 is 1.21 bits per heavy atom. The zero-order valence-corrected chi connectivity index (χ0v) is 14.4. The highest BCUT2D eigenvalue weighted by atomic mass is 19.1. The van der Waals surface area contributed by atoms with E-state index in [1.54, 1.807) is 46.8 Å². The highest BCUT2D eigenvalue weighted by Gasteiger charge is 2.24. The van der Waals surface area contributed by atoms with Crippen LogP contribution in [0, 0.1) is 26.6 Å². The molecule has 6 heteroatoms. The van der Waals surface area contributed by atoms with Gasteiger partial charge in [-0.2, -0.15) is 0 Å². The molecule has 2 N–H and O–H groups in total. The molecule has 5 nitrogen and oxygen atoms in total. The monoisotopic (exact) mass is 332 g/mol. The van der Waals surface area contributed by atoms with E-state index in [1.165, 1.54) is 6.07 Å². The van der Waals surface area contributed by atoms with Crippen molar-refractivity contribution in [3.8, 4) is 0 Å². The fourth-order valence-electron chi connectivity index (χ4n) is 2.48. The maximum atomic E-state index is 13.8. The number of aromatic amines is 1. The van der Waals surface area contributed by atoms with Crippen LogP contribution < -0.4 is 5.32 Å². The molecule has 2 rings (SSSR count). The van der Waals surface area contributed by atoms with Crippen LogP contribution in [0.3, 0.4) is 0 Å². The minimum absolute atomic E-state index is 0.0953. The number of benzene rings is 1. The number of halogens is 1. The van der Waals surface area contributed by atoms with Crippen LogP contribution in [0.15, 0.2) is 18.2 Å². The van der Waals surface area contributed by atoms with Gasteiger partial charge in [0, 0.05) is 5.69 Å². The highest BCUT2D eigenvalue weighted by molar-refractivity contribution is 6.06. The van der Waals surface area contributed by atoms with E-state index in [9.17, 15) is 14.0 Å². The minimum Gasteiger partial charge on any atom is -0.459 e. The summed E-state index contributed by atoms with van der Waals surface area (Å²) in [6.07, 6.45) is -0.259. The molecule has 0 saturated heterocycles. The number of carbonyl (C=O) groups is 2. The van der Waals surface area contributed by atoms with E-state index in [0.29, 0.717) is 16.8 Å². The van der Waals surface area contributed by atoms with Crippen molar-refractivity contribution in [2.45, 2.75) is 40.7 Å². The lowest BCUT2D eigenvalue weighted by molar-refractivity contribution is 0.0376. The molecule has 0 radical (unpaired) electrons. The lowest BCUT2D eigenvalue weighted by Gasteiger charge is -2.09. The maximum Gasteiger partial charge on any atom is 0.340 e. The largest absolute Gasteiger partial charge is 0.459 e. The van der Waals surface area contributed by atoms with Gasteiger partial charge in [-0.3, -0.25) is 4.79 Å². The van der Waals surface area contributed by atoms with E-state index in [-0.39, 0.29) is 17.5 Å². The van der Waals surface area contributed by atoms with Crippen LogP contribution in [0.2, 0.25) is 0 Å². The summed E-state index contributed by atoms with van der Waals surface area (Å²) < 4.78 is 19.0. The van der Waals surface area contributed by atoms with Crippen molar-refractivity contribution in [2.24, 2.45) is 0 Å². The summed E-state index contributed by atoms with van der Waals surface area (Å²) in [5.41, 5.74) is 2.48. The van der Waals surface area contributed by atoms with E-state index < -0.39 is 17.7 Å². The first kappa shape index (κ1) is 17.7. The number of amides is 1. The fraction of sp³-hybridized carbons (Fsp3) is 0.333. The Balaban J connectivity index is 2.31. The quantitative estimate of drug-likeness (QED) is 0.834. The number of aryl methyl sites for hydroxylation is 2. The molecule has 2 aromatic rings. The van der Waals surface area contributed by atoms with E-state index in [2.05, 4.69) is 10.3 Å². The normalized spacial score (nSPS) is 10.8. The molecule has 0 spiro atoms. The third kappa shape index (κ3) is 3.64. The fourth-order valence-corrected chi connectivity index (χ4v) is 2.48. The first-order chi connectivity index (χ1) is 11.2. The van der Waals surface area contributed by atoms with Gasteiger partial charge >= 0.3 is 5.97 Å². The molecular formula is C18H21FN2O3. The maximum absolute atomic E-state index is 13.8. The molecular weight excluding hydrogens is 311 g/mol. The lowest BCUT2D eigenvalue weighted by Crippen LogP contribution is -2.16. The summed E-state index contributed by atoms with van der Waals surface area (Å²) >= 11 is 0. The smallest absolute Gasteiger partial charge is 0.340 e. The summed E-state index contributed by atoms with van der Waals surface area (Å²) in [6, 6.07) is 4.46. The predicted octanol–water partition coefficient (Wildman–Crippen LogP) is 3.90. The van der Waals surface area contributed by atoms with Crippen LogP contribution in [-0.2, 0) is 4.74 Å². The average Bonchev–Trinajstić information content (AvgIpc) is 2.77. The van der Waals surface area contributed by atoms with Crippen LogP contribution in [0.1, 0.15) is 51.5 Å². The molecule has 0 aliphatic heterocycles. The second-order valence-electron chi connectivity index (χ2n) is 6.02. The van der Waals surface area contributed by atoms with E-state index in [1.807, 2.05) is 0 Å². The van der Waals surface area contributed by atoms with Crippen LogP contribution >= 0.6 is 0 Å². The molecule has 0 atom stereocenters. The zero-order valence-electron chi connectivity index (χ0n) is 14.4. The van der Waals surface area contributed by atoms with Crippen LogP contribution in [-0.4, -0.2) is 23.0 Å². The number of hydrogen-bond donors (Lipinski definition) is 2. The van der Waals surface area contributed by atoms with Crippen molar-refractivity contribution in [1.82, 2.24) is 4.98 Å². The number of esters is 1. The Hall–Kier alpha value is -2.63. The van der Waals surface area contributed by atoms with Gasteiger partial charge in [-0.25, -0.2) is 9.18 Å². The number of carbonyl (C=O) groups excluding carboxylic acids is 2. The second-order valence-corrected chi connectivity index (χ2v) is 6.02. The van der Waals surface area contributed by atoms with Crippen molar-refractivity contribution in [3.63, 3.8) is 0 Å². The molecule has 0 aliphatic carbocycles. The zero-order chi connectivity index (χ0) is 18.0. The number of nitrogens with one attached hydrogen (secondary N) is 2. The van der Waals surface area contributed by atoms with Crippen molar-refractivity contribution >= 4 is 17.6 Å². The average molecular weight is 332 g/mol. The third-order valence-electron chi connectivity index (χ3n) is 3.58. The Morgan fingerprint density at radius 3 is 2.50 bits per heavy atom. The summed E-state index contributed by atoms with van der Waals surface area (Å²) in [6.45, 7) is 8.65. The van der Waals surface area contributed by atoms with Crippen molar-refractivity contribution < 1.29 is 18.7 Å². The Labute approximate surface area is 140 Å². The van der Waals surface area contributed by atoms with E-state index in [4.69, 9.17) is 4.74 Å². The molecule has 0 bridgehead atoms. The van der Waals surface area contributed by atoms with Crippen LogP contribution in [0.25, 0.3) is 0 Å². The van der Waals surface area contributed by atoms with Crippen molar-refractivity contribution in [2.75, 3.05) is 5.32 Å². The van der Waals surface area contributed by atoms with Gasteiger partial charge in [0.1, 0.15) is 11.5 Å². The molecule has 128 valence electrons. The van der Waals surface area contributed by atoms with Crippen molar-refractivity contribution in [3.05, 3.63) is 52.1 Å². The standard InChI is InChI=1S/C18H21FN2O3/c1-9(2)24-18(23)15-11(4)16(20-12(15)5)17(22)21-14-8-10(3)6-7-13(14)19/h6-9,20H,1-5H3,(H,21,22). The molecule has 0 aliphatic rings. The van der Waals surface area contributed by atoms with Gasteiger partial charge < -0.3 is 15.0 Å². The molecule has 1 aromatic heterocycles. The molecule has 1 amide bonds. The summed E-state index contributed by atoms with van der Waals surface area (Å²) in [7, 11) is 0. The topological polar surface area (TPSA) is 71.2 Å². The number of rotatable bonds is 4. The predicted molar refractivity (Wildman–Crippen MR) is 89.9 cm³/mol. The van der Waals surface area contributed by atoms with Gasteiger partial charge in [0.15, 0.2) is 0 Å². The second kappa shape index (κ2) is 6.86. The Kier molecular flexibility index (Phi) is 5.07. The number of H-pyrrole nitrogens is 1. The Morgan fingerprint density at radius 2 is 1.88 bits per heavy atom. The van der Waals surface area contributed by atoms with Gasteiger partial charge in [0.05, 0.1) is 17.4 Å². The summed E-state index contributed by atoms with van der Waals surface area (Å²) in [4.78, 5) is 27.5. The molecule has 1 heterocycles. The first-order valence-electron chi connectivity index (χ1n) is 7.68. The molecule has 0 fully saturated rings. The van der Waals surface area contributed by atoms with Gasteiger partial charge in [-0.15, -0.1) is 0 Å². The summed E-state index contributed by atoms with van der Waals surface area (Å²) in [5.74, 6) is -1.52. The van der Waals surface area contributed by atoms with E-state index in [0.717, 1.165) is 5.56 Å². The highest BCUT2D eigenvalue weighted by Crippen LogP contribution is 2.22. The molecule has 0 saturated carbocycles. The SMILES string of the molecule is Cc1ccc(F)c(NC(=O)c2[nH]c(C)c(C(=O)OC(C)C)c2C)c1. The molecule has 1 aromatic carbocycles. The van der Waals surface area contributed by atoms with Gasteiger partial charge in [-0.1, -0.05) is 6.07 Å². The molecule has 24 heavy (non-hydrogen) atoms. The van der Waals surface area contributed by atoms with Gasteiger partial charge in [-0.05, 0) is 57.9 Å². The molecule has 0 unspecified atom stereocenters. The lowest BCUT2D eigenvalue weighted by atomic mass is 10.1. The minimum atomic E-state index is -0.519. The van der Waals surface area contributed by atoms with Gasteiger partial charge in [0.25, 0.3) is 5.91 Å². The number of ether oxygens (including phenoxy) is 1. The first-order valence-corrected chi connectivity index (χ1v) is 7.68. The number of aromatic nitrogens is 1. The number of hydrogen-bond acceptors (Lipinski definition) is 3. The van der Waals surface area contributed by atoms with Gasteiger partial charge in [0.2, 0.25) is 0 Å². The number of anilines is 1. The van der Waals surface area contributed by atoms with Crippen LogP contribution in [0.5, 0.6) is 0 Å². The third-order valence-corrected chi connectivity index (χ3v) is 3.58. The summed E-state index contributed by atoms with van der Waals surface area (Å²) in [5, 5.41) is 2.53. The Bertz CT molecular complexity index is 794.